The summed E-state index contributed by atoms with van der Waals surface area (Å²) < 4.78 is 5.19. The van der Waals surface area contributed by atoms with E-state index in [0.717, 1.165) is 30.1 Å². The molecule has 0 fully saturated rings. The summed E-state index contributed by atoms with van der Waals surface area (Å²) >= 11 is 0. The number of benzene rings is 2. The van der Waals surface area contributed by atoms with Crippen LogP contribution in [0, 0.1) is 11.8 Å². The summed E-state index contributed by atoms with van der Waals surface area (Å²) in [6.07, 6.45) is 0.507. The summed E-state index contributed by atoms with van der Waals surface area (Å²) in [7, 11) is 1.52. The van der Waals surface area contributed by atoms with Gasteiger partial charge in [0.05, 0.1) is 20.2 Å². The second-order valence-electron chi connectivity index (χ2n) is 7.75. The van der Waals surface area contributed by atoms with Crippen LogP contribution in [0.5, 0.6) is 5.75 Å². The van der Waals surface area contributed by atoms with Gasteiger partial charge in [-0.1, -0.05) is 30.0 Å². The van der Waals surface area contributed by atoms with Crippen LogP contribution in [0.2, 0.25) is 0 Å². The number of nitrogens with two attached hydrogens (primary N) is 1. The monoisotopic (exact) mass is 445 g/mol. The molecule has 0 bridgehead atoms. The number of methoxy groups -OCH3 is 1. The number of ether oxygens (including phenoxy) is 1. The van der Waals surface area contributed by atoms with Gasteiger partial charge in [0.25, 0.3) is 5.91 Å². The lowest BCUT2D eigenvalue weighted by molar-refractivity contribution is -0.111. The maximum absolute atomic E-state index is 12.9. The molecule has 2 aromatic carbocycles. The van der Waals surface area contributed by atoms with E-state index in [-0.39, 0.29) is 19.0 Å². The van der Waals surface area contributed by atoms with Gasteiger partial charge in [0, 0.05) is 29.8 Å². The molecule has 2 aliphatic rings. The Morgan fingerprint density at radius 2 is 2.12 bits per heavy atom. The first-order chi connectivity index (χ1) is 15.9. The minimum atomic E-state index is -1.66. The number of hydrogen-bond acceptors (Lipinski definition) is 6. The molecule has 0 aromatic heterocycles. The summed E-state index contributed by atoms with van der Waals surface area (Å²) in [5, 5.41) is 5.62. The zero-order chi connectivity index (χ0) is 23.4. The molecule has 9 heteroatoms. The molecule has 2 aromatic rings. The average molecular weight is 445 g/mol. The molecule has 33 heavy (non-hydrogen) atoms. The molecule has 4 N–H and O–H groups in total. The van der Waals surface area contributed by atoms with Gasteiger partial charge >= 0.3 is 6.03 Å². The minimum absolute atomic E-state index is 0.152. The van der Waals surface area contributed by atoms with E-state index in [1.165, 1.54) is 12.0 Å². The Labute approximate surface area is 191 Å². The molecule has 9 nitrogen and oxygen atoms in total. The van der Waals surface area contributed by atoms with Crippen LogP contribution in [0.15, 0.2) is 47.5 Å². The van der Waals surface area contributed by atoms with Gasteiger partial charge in [-0.25, -0.2) is 4.79 Å². The standard InChI is InChI=1S/C24H23N5O4/c1-33-19-7-6-18-13-29(22(31)20(18)12-19)14-24(15-30,28-23(25)32)9-8-16-2-4-17(5-3-16)21-26-10-11-27-21/h2-7,12,15H,10-11,13-14H2,1H3,(H,26,27)(H3,25,28,32)/t24-/m1/s1. The van der Waals surface area contributed by atoms with E-state index in [0.29, 0.717) is 23.2 Å². The third kappa shape index (κ3) is 4.65. The minimum Gasteiger partial charge on any atom is -0.497 e. The smallest absolute Gasteiger partial charge is 0.313 e. The maximum Gasteiger partial charge on any atom is 0.313 e. The number of hydrogen-bond donors (Lipinski definition) is 3. The van der Waals surface area contributed by atoms with Gasteiger partial charge in [0.2, 0.25) is 0 Å². The average Bonchev–Trinajstić information content (AvgIpc) is 3.46. The van der Waals surface area contributed by atoms with Crippen molar-refractivity contribution in [3.63, 3.8) is 0 Å². The Morgan fingerprint density at radius 1 is 1.33 bits per heavy atom. The number of carbonyl (C=O) groups excluding carboxylic acids is 3. The number of nitrogens with one attached hydrogen (secondary N) is 2. The molecule has 1 atom stereocenters. The van der Waals surface area contributed by atoms with Gasteiger partial charge in [-0.15, -0.1) is 0 Å². The molecule has 2 heterocycles. The van der Waals surface area contributed by atoms with Crippen molar-refractivity contribution in [2.24, 2.45) is 10.7 Å². The van der Waals surface area contributed by atoms with Crippen LogP contribution in [0.4, 0.5) is 4.79 Å². The van der Waals surface area contributed by atoms with E-state index in [2.05, 4.69) is 27.5 Å². The van der Waals surface area contributed by atoms with E-state index >= 15 is 0 Å². The van der Waals surface area contributed by atoms with Crippen molar-refractivity contribution in [3.05, 3.63) is 64.7 Å². The van der Waals surface area contributed by atoms with Crippen LogP contribution in [0.3, 0.4) is 0 Å². The first-order valence-electron chi connectivity index (χ1n) is 10.3. The zero-order valence-electron chi connectivity index (χ0n) is 18.1. The van der Waals surface area contributed by atoms with Crippen molar-refractivity contribution in [2.45, 2.75) is 12.1 Å². The number of amides is 3. The van der Waals surface area contributed by atoms with Gasteiger partial charge in [0.15, 0.2) is 11.8 Å². The van der Waals surface area contributed by atoms with Crippen molar-refractivity contribution >= 4 is 24.1 Å². The molecular weight excluding hydrogens is 422 g/mol. The fourth-order valence-corrected chi connectivity index (χ4v) is 3.81. The van der Waals surface area contributed by atoms with Gasteiger partial charge < -0.3 is 26.0 Å². The Balaban J connectivity index is 1.58. The van der Waals surface area contributed by atoms with Gasteiger partial charge in [-0.3, -0.25) is 14.6 Å². The molecule has 168 valence electrons. The number of primary amides is 1. The number of rotatable bonds is 6. The molecule has 4 rings (SSSR count). The number of carbonyl (C=O) groups is 3. The van der Waals surface area contributed by atoms with Crippen LogP contribution in [0.1, 0.15) is 27.0 Å². The predicted molar refractivity (Wildman–Crippen MR) is 122 cm³/mol. The number of amidine groups is 1. The SMILES string of the molecule is COc1ccc2c(c1)C(=O)N(C[C@](C#Cc1ccc(C3=NCCN3)cc1)(C=O)NC(N)=O)C2. The van der Waals surface area contributed by atoms with Gasteiger partial charge in [-0.05, 0) is 29.8 Å². The van der Waals surface area contributed by atoms with Gasteiger partial charge in [0.1, 0.15) is 11.6 Å². The fraction of sp³-hybridized carbons (Fsp3) is 0.250. The maximum atomic E-state index is 12.9. The van der Waals surface area contributed by atoms with Crippen LogP contribution in [-0.2, 0) is 11.3 Å². The molecule has 0 radical (unpaired) electrons. The highest BCUT2D eigenvalue weighted by Gasteiger charge is 2.37. The Kier molecular flexibility index (Phi) is 6.00. The van der Waals surface area contributed by atoms with Gasteiger partial charge in [-0.2, -0.15) is 0 Å². The molecule has 0 spiro atoms. The Bertz CT molecular complexity index is 1200. The zero-order valence-corrected chi connectivity index (χ0v) is 18.1. The Morgan fingerprint density at radius 3 is 2.76 bits per heavy atom. The molecule has 0 unspecified atom stereocenters. The Hall–Kier alpha value is -4.32. The van der Waals surface area contributed by atoms with E-state index < -0.39 is 11.6 Å². The molecule has 0 aliphatic carbocycles. The second kappa shape index (κ2) is 9.04. The molecule has 0 saturated heterocycles. The molecule has 2 aliphatic heterocycles. The number of aldehydes is 1. The van der Waals surface area contributed by atoms with Crippen molar-refractivity contribution in [3.8, 4) is 17.6 Å². The van der Waals surface area contributed by atoms with E-state index in [9.17, 15) is 14.4 Å². The highest BCUT2D eigenvalue weighted by atomic mass is 16.5. The van der Waals surface area contributed by atoms with Crippen LogP contribution in [0.25, 0.3) is 0 Å². The summed E-state index contributed by atoms with van der Waals surface area (Å²) in [6, 6.07) is 11.6. The van der Waals surface area contributed by atoms with Crippen molar-refractivity contribution in [1.29, 1.82) is 0 Å². The lowest BCUT2D eigenvalue weighted by Gasteiger charge is -2.28. The van der Waals surface area contributed by atoms with Crippen LogP contribution in [-0.4, -0.2) is 61.2 Å². The largest absolute Gasteiger partial charge is 0.497 e. The topological polar surface area (TPSA) is 126 Å². The van der Waals surface area contributed by atoms with E-state index in [1.807, 2.05) is 12.1 Å². The van der Waals surface area contributed by atoms with Crippen LogP contribution >= 0.6 is 0 Å². The van der Waals surface area contributed by atoms with Crippen LogP contribution < -0.4 is 21.1 Å². The molecule has 3 amide bonds. The molecular formula is C24H23N5O4. The second-order valence-corrected chi connectivity index (χ2v) is 7.75. The fourth-order valence-electron chi connectivity index (χ4n) is 3.81. The summed E-state index contributed by atoms with van der Waals surface area (Å²) in [4.78, 5) is 42.6. The predicted octanol–water partition coefficient (Wildman–Crippen LogP) is 0.659. The normalized spacial score (nSPS) is 16.0. The highest BCUT2D eigenvalue weighted by Crippen LogP contribution is 2.27. The third-order valence-electron chi connectivity index (χ3n) is 5.45. The number of aliphatic imine (C=N–C) groups is 1. The van der Waals surface area contributed by atoms with Crippen molar-refractivity contribution < 1.29 is 19.1 Å². The lowest BCUT2D eigenvalue weighted by Crippen LogP contribution is -2.57. The quantitative estimate of drug-likeness (QED) is 0.445. The number of nitrogens with zero attached hydrogens (tertiary/aromatic N) is 2. The molecule has 0 saturated carbocycles. The van der Waals surface area contributed by atoms with Crippen molar-refractivity contribution in [1.82, 2.24) is 15.5 Å². The summed E-state index contributed by atoms with van der Waals surface area (Å²) in [5.74, 6) is 6.85. The van der Waals surface area contributed by atoms with Crippen molar-refractivity contribution in [2.75, 3.05) is 26.7 Å². The summed E-state index contributed by atoms with van der Waals surface area (Å²) in [5.41, 5.74) is 6.52. The summed E-state index contributed by atoms with van der Waals surface area (Å²) in [6.45, 7) is 1.67. The van der Waals surface area contributed by atoms with E-state index in [4.69, 9.17) is 10.5 Å². The van der Waals surface area contributed by atoms with E-state index in [1.54, 1.807) is 30.3 Å². The first kappa shape index (κ1) is 21.9. The number of urea groups is 1. The number of fused-ring (bicyclic) bond motifs is 1. The lowest BCUT2D eigenvalue weighted by atomic mass is 10.0. The first-order valence-corrected chi connectivity index (χ1v) is 10.3. The highest BCUT2D eigenvalue weighted by molar-refractivity contribution is 6.00. The third-order valence-corrected chi connectivity index (χ3v) is 5.45.